The lowest BCUT2D eigenvalue weighted by Gasteiger charge is -2.24. The van der Waals surface area contributed by atoms with Crippen molar-refractivity contribution in [2.45, 2.75) is 38.8 Å². The molecule has 0 radical (unpaired) electrons. The molecule has 1 heterocycles. The largest absolute Gasteiger partial charge is 0.416 e. The Bertz CT molecular complexity index is 1690. The Morgan fingerprint density at radius 3 is 2.22 bits per heavy atom. The summed E-state index contributed by atoms with van der Waals surface area (Å²) < 4.78 is 69.7. The van der Waals surface area contributed by atoms with Crippen LogP contribution in [0.3, 0.4) is 0 Å². The summed E-state index contributed by atoms with van der Waals surface area (Å²) in [6, 6.07) is 19.1. The molecular formula is C30H29F3N4O3S. The number of benzene rings is 3. The minimum atomic E-state index is -4.70. The van der Waals surface area contributed by atoms with Crippen LogP contribution in [0, 0.1) is 27.7 Å². The van der Waals surface area contributed by atoms with Crippen LogP contribution in [0.1, 0.15) is 33.6 Å². The van der Waals surface area contributed by atoms with E-state index in [1.807, 2.05) is 33.8 Å². The van der Waals surface area contributed by atoms with Crippen LogP contribution in [0.25, 0.3) is 5.69 Å². The summed E-state index contributed by atoms with van der Waals surface area (Å²) >= 11 is 0. The number of carbonyl (C=O) groups excluding carboxylic acids is 1. The van der Waals surface area contributed by atoms with E-state index in [1.165, 1.54) is 36.5 Å². The second-order valence-electron chi connectivity index (χ2n) is 9.67. The fraction of sp³-hybridized carbons (Fsp3) is 0.200. The zero-order valence-corrected chi connectivity index (χ0v) is 23.7. The third-order valence-corrected chi connectivity index (χ3v) is 8.20. The molecule has 11 heteroatoms. The van der Waals surface area contributed by atoms with Crippen molar-refractivity contribution in [3.05, 3.63) is 113 Å². The number of hydrazone groups is 1. The van der Waals surface area contributed by atoms with E-state index in [9.17, 15) is 26.4 Å². The molecule has 0 bridgehead atoms. The van der Waals surface area contributed by atoms with Crippen molar-refractivity contribution in [1.82, 2.24) is 9.99 Å². The van der Waals surface area contributed by atoms with E-state index < -0.39 is 34.2 Å². The summed E-state index contributed by atoms with van der Waals surface area (Å²) in [5.41, 5.74) is 6.74. The standard InChI is InChI=1S/C30H29F3N4O3S/c1-20-13-21(2)15-27(14-20)37-22(3)16-24(23(37)4)18-34-35-29(38)19-36(41(39,40)28-11-6-5-7-12-28)26-10-8-9-25(17-26)30(31,32)33/h5-18H,19H2,1-4H3,(H,35,38)/b34-18+. The minimum Gasteiger partial charge on any atom is -0.318 e. The van der Waals surface area contributed by atoms with Crippen LogP contribution >= 0.6 is 0 Å². The first-order valence-electron chi connectivity index (χ1n) is 12.6. The Labute approximate surface area is 237 Å². The van der Waals surface area contributed by atoms with Gasteiger partial charge in [-0.25, -0.2) is 13.8 Å². The van der Waals surface area contributed by atoms with Crippen LogP contribution in [-0.2, 0) is 21.0 Å². The lowest BCUT2D eigenvalue weighted by molar-refractivity contribution is -0.137. The molecule has 1 aromatic heterocycles. The van der Waals surface area contributed by atoms with Crippen LogP contribution in [-0.4, -0.2) is 31.7 Å². The molecule has 0 saturated heterocycles. The van der Waals surface area contributed by atoms with Crippen molar-refractivity contribution >= 4 is 27.8 Å². The van der Waals surface area contributed by atoms with E-state index in [4.69, 9.17) is 0 Å². The highest BCUT2D eigenvalue weighted by atomic mass is 32.2. The minimum absolute atomic E-state index is 0.174. The van der Waals surface area contributed by atoms with Crippen molar-refractivity contribution in [2.75, 3.05) is 10.8 Å². The summed E-state index contributed by atoms with van der Waals surface area (Å²) in [4.78, 5) is 12.7. The maximum atomic E-state index is 13.4. The molecule has 214 valence electrons. The van der Waals surface area contributed by atoms with E-state index in [1.54, 1.807) is 6.07 Å². The second-order valence-corrected chi connectivity index (χ2v) is 11.5. The molecule has 7 nitrogen and oxygen atoms in total. The number of amides is 1. The number of carbonyl (C=O) groups is 1. The van der Waals surface area contributed by atoms with E-state index in [-0.39, 0.29) is 10.6 Å². The van der Waals surface area contributed by atoms with Gasteiger partial charge in [-0.05, 0) is 87.4 Å². The van der Waals surface area contributed by atoms with E-state index in [0.717, 1.165) is 45.9 Å². The Balaban J connectivity index is 1.59. The fourth-order valence-corrected chi connectivity index (χ4v) is 6.04. The average molecular weight is 583 g/mol. The molecule has 1 N–H and O–H groups in total. The number of aromatic nitrogens is 1. The summed E-state index contributed by atoms with van der Waals surface area (Å²) in [7, 11) is -4.39. The Morgan fingerprint density at radius 1 is 0.927 bits per heavy atom. The number of rotatable bonds is 8. The number of sulfonamides is 1. The fourth-order valence-electron chi connectivity index (χ4n) is 4.61. The first-order valence-corrected chi connectivity index (χ1v) is 14.1. The van der Waals surface area contributed by atoms with Gasteiger partial charge in [-0.15, -0.1) is 0 Å². The summed E-state index contributed by atoms with van der Waals surface area (Å²) in [5, 5.41) is 4.00. The SMILES string of the molecule is Cc1cc(C)cc(-n2c(C)cc(/C=N/NC(=O)CN(c3cccc(C(F)(F)F)c3)S(=O)(=O)c3ccccc3)c2C)c1. The van der Waals surface area contributed by atoms with Crippen LogP contribution in [0.2, 0.25) is 0 Å². The molecule has 0 saturated carbocycles. The van der Waals surface area contributed by atoms with Gasteiger partial charge >= 0.3 is 6.18 Å². The third kappa shape index (κ3) is 6.68. The number of anilines is 1. The average Bonchev–Trinajstić information content (AvgIpc) is 3.19. The molecule has 4 aromatic rings. The van der Waals surface area contributed by atoms with E-state index >= 15 is 0 Å². The summed E-state index contributed by atoms with van der Waals surface area (Å²) in [6.07, 6.45) is -3.26. The van der Waals surface area contributed by atoms with Crippen molar-refractivity contribution in [3.63, 3.8) is 0 Å². The molecule has 41 heavy (non-hydrogen) atoms. The lowest BCUT2D eigenvalue weighted by atomic mass is 10.1. The molecule has 0 aliphatic carbocycles. The number of halogens is 3. The first-order chi connectivity index (χ1) is 19.3. The molecule has 4 rings (SSSR count). The molecule has 3 aromatic carbocycles. The van der Waals surface area contributed by atoms with Gasteiger partial charge in [0.2, 0.25) is 0 Å². The molecule has 0 spiro atoms. The van der Waals surface area contributed by atoms with Gasteiger partial charge in [0.05, 0.1) is 22.4 Å². The van der Waals surface area contributed by atoms with Gasteiger partial charge in [0.15, 0.2) is 0 Å². The van der Waals surface area contributed by atoms with Crippen LogP contribution in [0.15, 0.2) is 88.9 Å². The molecule has 1 amide bonds. The summed E-state index contributed by atoms with van der Waals surface area (Å²) in [6.45, 7) is 7.10. The zero-order valence-electron chi connectivity index (χ0n) is 22.9. The lowest BCUT2D eigenvalue weighted by Crippen LogP contribution is -2.39. The molecule has 0 aliphatic rings. The topological polar surface area (TPSA) is 83.8 Å². The predicted octanol–water partition coefficient (Wildman–Crippen LogP) is 6.08. The van der Waals surface area contributed by atoms with Crippen molar-refractivity contribution in [3.8, 4) is 5.69 Å². The van der Waals surface area contributed by atoms with Crippen molar-refractivity contribution in [1.29, 1.82) is 0 Å². The van der Waals surface area contributed by atoms with Gasteiger partial charge < -0.3 is 4.57 Å². The number of aryl methyl sites for hydroxylation is 3. The van der Waals surface area contributed by atoms with Crippen molar-refractivity contribution < 1.29 is 26.4 Å². The van der Waals surface area contributed by atoms with E-state index in [2.05, 4.69) is 33.3 Å². The quantitative estimate of drug-likeness (QED) is 0.202. The number of hydrogen-bond donors (Lipinski definition) is 1. The smallest absolute Gasteiger partial charge is 0.318 e. The normalized spacial score (nSPS) is 12.1. The highest BCUT2D eigenvalue weighted by molar-refractivity contribution is 7.92. The van der Waals surface area contributed by atoms with E-state index in [0.29, 0.717) is 10.4 Å². The number of nitrogens with zero attached hydrogens (tertiary/aromatic N) is 3. The second kappa shape index (κ2) is 11.6. The van der Waals surface area contributed by atoms with Gasteiger partial charge in [-0.3, -0.25) is 9.10 Å². The Hall–Kier alpha value is -4.38. The van der Waals surface area contributed by atoms with Gasteiger partial charge in [-0.1, -0.05) is 30.3 Å². The highest BCUT2D eigenvalue weighted by Gasteiger charge is 2.33. The third-order valence-electron chi connectivity index (χ3n) is 6.41. The molecule has 0 aliphatic heterocycles. The van der Waals surface area contributed by atoms with Crippen LogP contribution in [0.4, 0.5) is 18.9 Å². The Morgan fingerprint density at radius 2 is 1.59 bits per heavy atom. The van der Waals surface area contributed by atoms with Crippen molar-refractivity contribution in [2.24, 2.45) is 5.10 Å². The summed E-state index contributed by atoms with van der Waals surface area (Å²) in [5.74, 6) is -0.832. The van der Waals surface area contributed by atoms with Crippen LogP contribution < -0.4 is 9.73 Å². The highest BCUT2D eigenvalue weighted by Crippen LogP contribution is 2.33. The zero-order chi connectivity index (χ0) is 29.9. The molecule has 0 atom stereocenters. The molecular weight excluding hydrogens is 553 g/mol. The first kappa shape index (κ1) is 29.6. The van der Waals surface area contributed by atoms with Crippen LogP contribution in [0.5, 0.6) is 0 Å². The molecule has 0 fully saturated rings. The van der Waals surface area contributed by atoms with Gasteiger partial charge in [0.25, 0.3) is 15.9 Å². The molecule has 0 unspecified atom stereocenters. The van der Waals surface area contributed by atoms with Gasteiger partial charge in [0.1, 0.15) is 6.54 Å². The maximum absolute atomic E-state index is 13.4. The number of nitrogens with one attached hydrogen (secondary N) is 1. The number of alkyl halides is 3. The van der Waals surface area contributed by atoms with Gasteiger partial charge in [-0.2, -0.15) is 18.3 Å². The monoisotopic (exact) mass is 582 g/mol. The Kier molecular flexibility index (Phi) is 8.39. The predicted molar refractivity (Wildman–Crippen MR) is 153 cm³/mol. The van der Waals surface area contributed by atoms with Gasteiger partial charge in [0, 0.05) is 22.6 Å². The maximum Gasteiger partial charge on any atom is 0.416 e. The number of hydrogen-bond acceptors (Lipinski definition) is 4.